The Kier molecular flexibility index (Phi) is 5.58. The van der Waals surface area contributed by atoms with Crippen molar-refractivity contribution in [1.29, 1.82) is 0 Å². The molecule has 3 aliphatic heterocycles. The second kappa shape index (κ2) is 7.02. The van der Waals surface area contributed by atoms with E-state index in [1.807, 2.05) is 51.2 Å². The lowest BCUT2D eigenvalue weighted by Gasteiger charge is -2.29. The van der Waals surface area contributed by atoms with Crippen molar-refractivity contribution in [3.8, 4) is 0 Å². The smallest absolute Gasteiger partial charge is 0.164 e. The maximum absolute atomic E-state index is 10.8. The molecule has 7 heteroatoms. The summed E-state index contributed by atoms with van der Waals surface area (Å²) < 4.78 is 24.1. The highest BCUT2D eigenvalue weighted by Crippen LogP contribution is 2.40. The van der Waals surface area contributed by atoms with Crippen LogP contribution in [0.2, 0.25) is 0 Å². The van der Waals surface area contributed by atoms with Gasteiger partial charge in [0.25, 0.3) is 0 Å². The molecule has 134 valence electrons. The Morgan fingerprint density at radius 2 is 1.74 bits per heavy atom. The van der Waals surface area contributed by atoms with Gasteiger partial charge in [-0.15, -0.1) is 23.5 Å². The standard InChI is InChI=1S/C16H28O5S2/c1-15(2)18-9-11(19-15)14-13(20-16(3,4)21-14)10(17)8-12-22-6-5-7-23-12/h10-14,17H,5-9H2,1-4H3/t10-,11+,13+,14+/m0/s1. The number of hydrogen-bond donors (Lipinski definition) is 1. The van der Waals surface area contributed by atoms with Gasteiger partial charge >= 0.3 is 0 Å². The molecule has 4 atom stereocenters. The van der Waals surface area contributed by atoms with Crippen LogP contribution < -0.4 is 0 Å². The van der Waals surface area contributed by atoms with Crippen molar-refractivity contribution in [1.82, 2.24) is 0 Å². The Bertz CT molecular complexity index is 411. The van der Waals surface area contributed by atoms with Crippen LogP contribution >= 0.6 is 23.5 Å². The molecular weight excluding hydrogens is 336 g/mol. The molecule has 1 N–H and O–H groups in total. The van der Waals surface area contributed by atoms with Crippen molar-refractivity contribution in [2.24, 2.45) is 0 Å². The Hall–Kier alpha value is 0.500. The average Bonchev–Trinajstić information content (AvgIpc) is 2.99. The number of aliphatic hydroxyl groups excluding tert-OH is 1. The van der Waals surface area contributed by atoms with Gasteiger partial charge in [-0.1, -0.05) is 0 Å². The molecule has 3 saturated heterocycles. The third-order valence-corrected chi connectivity index (χ3v) is 7.26. The van der Waals surface area contributed by atoms with Crippen LogP contribution in [0, 0.1) is 0 Å². The lowest BCUT2D eigenvalue weighted by atomic mass is 10.0. The van der Waals surface area contributed by atoms with Gasteiger partial charge in [-0.25, -0.2) is 0 Å². The fraction of sp³-hybridized carbons (Fsp3) is 1.00. The first-order valence-corrected chi connectivity index (χ1v) is 10.4. The zero-order valence-corrected chi connectivity index (χ0v) is 16.0. The van der Waals surface area contributed by atoms with Crippen molar-refractivity contribution in [2.75, 3.05) is 18.1 Å². The summed E-state index contributed by atoms with van der Waals surface area (Å²) >= 11 is 3.87. The molecule has 3 heterocycles. The predicted octanol–water partition coefficient (Wildman–Crippen LogP) is 2.61. The van der Waals surface area contributed by atoms with E-state index in [1.165, 1.54) is 17.9 Å². The quantitative estimate of drug-likeness (QED) is 0.823. The van der Waals surface area contributed by atoms with Crippen molar-refractivity contribution in [2.45, 2.75) is 81.1 Å². The second-order valence-corrected chi connectivity index (χ2v) is 10.2. The molecule has 0 aromatic rings. The van der Waals surface area contributed by atoms with Gasteiger partial charge in [-0.2, -0.15) is 0 Å². The van der Waals surface area contributed by atoms with E-state index in [1.54, 1.807) is 0 Å². The Labute approximate surface area is 147 Å². The van der Waals surface area contributed by atoms with Gasteiger partial charge in [-0.3, -0.25) is 0 Å². The van der Waals surface area contributed by atoms with Gasteiger partial charge in [0.05, 0.1) is 17.3 Å². The molecule has 0 spiro atoms. The van der Waals surface area contributed by atoms with Crippen molar-refractivity contribution in [3.63, 3.8) is 0 Å². The van der Waals surface area contributed by atoms with Crippen LogP contribution in [0.25, 0.3) is 0 Å². The zero-order valence-electron chi connectivity index (χ0n) is 14.3. The lowest BCUT2D eigenvalue weighted by molar-refractivity contribution is -0.175. The summed E-state index contributed by atoms with van der Waals surface area (Å²) in [4.78, 5) is 0. The van der Waals surface area contributed by atoms with E-state index in [2.05, 4.69) is 0 Å². The van der Waals surface area contributed by atoms with Crippen molar-refractivity contribution >= 4 is 23.5 Å². The molecule has 5 nitrogen and oxygen atoms in total. The lowest BCUT2D eigenvalue weighted by Crippen LogP contribution is -2.44. The number of ether oxygens (including phenoxy) is 4. The molecule has 3 fully saturated rings. The van der Waals surface area contributed by atoms with Gasteiger partial charge < -0.3 is 24.1 Å². The predicted molar refractivity (Wildman–Crippen MR) is 92.7 cm³/mol. The minimum absolute atomic E-state index is 0.210. The van der Waals surface area contributed by atoms with Crippen LogP contribution in [-0.2, 0) is 18.9 Å². The molecule has 0 aliphatic carbocycles. The maximum atomic E-state index is 10.8. The van der Waals surface area contributed by atoms with Crippen LogP contribution in [0.3, 0.4) is 0 Å². The maximum Gasteiger partial charge on any atom is 0.164 e. The van der Waals surface area contributed by atoms with E-state index >= 15 is 0 Å². The summed E-state index contributed by atoms with van der Waals surface area (Å²) in [5, 5.41) is 10.8. The van der Waals surface area contributed by atoms with E-state index in [4.69, 9.17) is 18.9 Å². The third-order valence-electron chi connectivity index (χ3n) is 4.27. The fourth-order valence-electron chi connectivity index (χ4n) is 3.28. The summed E-state index contributed by atoms with van der Waals surface area (Å²) in [6.07, 6.45) is 0.516. The highest BCUT2D eigenvalue weighted by atomic mass is 32.2. The van der Waals surface area contributed by atoms with Crippen molar-refractivity contribution in [3.05, 3.63) is 0 Å². The first-order chi connectivity index (χ1) is 10.8. The number of hydrogen-bond acceptors (Lipinski definition) is 7. The number of rotatable bonds is 4. The van der Waals surface area contributed by atoms with E-state index in [0.717, 1.165) is 0 Å². The van der Waals surface area contributed by atoms with E-state index in [-0.39, 0.29) is 18.3 Å². The normalized spacial score (nSPS) is 38.7. The molecular formula is C16H28O5S2. The second-order valence-electron chi connectivity index (χ2n) is 7.26. The monoisotopic (exact) mass is 364 g/mol. The minimum Gasteiger partial charge on any atom is -0.390 e. The zero-order chi connectivity index (χ0) is 16.7. The summed E-state index contributed by atoms with van der Waals surface area (Å²) in [5.41, 5.74) is 0. The molecule has 0 unspecified atom stereocenters. The third kappa shape index (κ3) is 4.57. The molecule has 0 aromatic heterocycles. The fourth-order valence-corrected chi connectivity index (χ4v) is 6.24. The largest absolute Gasteiger partial charge is 0.390 e. The van der Waals surface area contributed by atoms with Gasteiger partial charge in [0.2, 0.25) is 0 Å². The van der Waals surface area contributed by atoms with Crippen molar-refractivity contribution < 1.29 is 24.1 Å². The topological polar surface area (TPSA) is 57.2 Å². The van der Waals surface area contributed by atoms with Crippen LogP contribution in [0.4, 0.5) is 0 Å². The Balaban J connectivity index is 1.65. The van der Waals surface area contributed by atoms with Crippen LogP contribution in [0.1, 0.15) is 40.5 Å². The van der Waals surface area contributed by atoms with Gasteiger partial charge in [0, 0.05) is 0 Å². The van der Waals surface area contributed by atoms with E-state index in [0.29, 0.717) is 17.6 Å². The van der Waals surface area contributed by atoms with E-state index < -0.39 is 17.7 Å². The first-order valence-electron chi connectivity index (χ1n) is 8.34. The van der Waals surface area contributed by atoms with Crippen LogP contribution in [0.15, 0.2) is 0 Å². The molecule has 3 rings (SSSR count). The molecule has 3 aliphatic rings. The first kappa shape index (κ1) is 18.3. The van der Waals surface area contributed by atoms with Crippen LogP contribution in [-0.4, -0.2) is 63.8 Å². The highest BCUT2D eigenvalue weighted by molar-refractivity contribution is 8.17. The summed E-state index contributed by atoms with van der Waals surface area (Å²) in [6, 6.07) is 0. The molecule has 0 bridgehead atoms. The van der Waals surface area contributed by atoms with Crippen LogP contribution in [0.5, 0.6) is 0 Å². The molecule has 0 radical (unpaired) electrons. The summed E-state index contributed by atoms with van der Waals surface area (Å²) in [5.74, 6) is 1.04. The Morgan fingerprint density at radius 1 is 1.04 bits per heavy atom. The minimum atomic E-state index is -0.709. The number of thioether (sulfide) groups is 2. The average molecular weight is 365 g/mol. The number of aliphatic hydroxyl groups is 1. The molecule has 0 saturated carbocycles. The summed E-state index contributed by atoms with van der Waals surface area (Å²) in [7, 11) is 0. The molecule has 0 aromatic carbocycles. The molecule has 0 amide bonds. The van der Waals surface area contributed by atoms with Gasteiger partial charge in [0.15, 0.2) is 11.6 Å². The van der Waals surface area contributed by atoms with Gasteiger partial charge in [-0.05, 0) is 52.0 Å². The SMILES string of the molecule is CC1(C)O[C@H]([C@@H](O)CC2SCCCS2)[C@@H]([C@H]2COC(C)(C)O2)O1. The molecule has 23 heavy (non-hydrogen) atoms. The van der Waals surface area contributed by atoms with E-state index in [9.17, 15) is 5.11 Å². The highest BCUT2D eigenvalue weighted by Gasteiger charge is 2.52. The van der Waals surface area contributed by atoms with Gasteiger partial charge in [0.1, 0.15) is 18.3 Å². The summed E-state index contributed by atoms with van der Waals surface area (Å²) in [6.45, 7) is 8.03. The Morgan fingerprint density at radius 3 is 2.35 bits per heavy atom.